The summed E-state index contributed by atoms with van der Waals surface area (Å²) in [4.78, 5) is 25.2. The van der Waals surface area contributed by atoms with Crippen LogP contribution in [0, 0.1) is 11.8 Å². The van der Waals surface area contributed by atoms with Crippen molar-refractivity contribution < 1.29 is 9.59 Å². The molecule has 16 heavy (non-hydrogen) atoms. The van der Waals surface area contributed by atoms with Gasteiger partial charge in [-0.05, 0) is 12.8 Å². The lowest BCUT2D eigenvalue weighted by Gasteiger charge is -2.16. The minimum Gasteiger partial charge on any atom is -0.285 e. The van der Waals surface area contributed by atoms with Crippen molar-refractivity contribution >= 4 is 11.8 Å². The van der Waals surface area contributed by atoms with E-state index < -0.39 is 0 Å². The number of amides is 2. The van der Waals surface area contributed by atoms with E-state index in [2.05, 4.69) is 0 Å². The smallest absolute Gasteiger partial charge is 0.232 e. The van der Waals surface area contributed by atoms with Gasteiger partial charge in [0, 0.05) is 7.05 Å². The molecule has 2 rings (SSSR count). The third-order valence-corrected chi connectivity index (χ3v) is 4.06. The second kappa shape index (κ2) is 4.98. The first-order valence-electron chi connectivity index (χ1n) is 6.53. The second-order valence-corrected chi connectivity index (χ2v) is 5.15. The molecule has 3 nitrogen and oxygen atoms in total. The molecule has 1 saturated heterocycles. The molecule has 2 amide bonds. The monoisotopic (exact) mass is 223 g/mol. The predicted molar refractivity (Wildman–Crippen MR) is 61.7 cm³/mol. The Kier molecular flexibility index (Phi) is 3.62. The van der Waals surface area contributed by atoms with Gasteiger partial charge in [0.25, 0.3) is 0 Å². The van der Waals surface area contributed by atoms with Gasteiger partial charge in [0.2, 0.25) is 11.8 Å². The summed E-state index contributed by atoms with van der Waals surface area (Å²) in [6, 6.07) is 0. The Morgan fingerprint density at radius 2 is 1.19 bits per heavy atom. The molecule has 1 aliphatic carbocycles. The topological polar surface area (TPSA) is 37.4 Å². The van der Waals surface area contributed by atoms with Gasteiger partial charge >= 0.3 is 0 Å². The standard InChI is InChI=1S/C13H21NO2/c1-14-12(15)10-8-6-4-2-3-5-7-9-11(10)13(14)16/h10-11H,2-9H2,1H3. The van der Waals surface area contributed by atoms with Crippen molar-refractivity contribution in [1.82, 2.24) is 4.90 Å². The highest BCUT2D eigenvalue weighted by molar-refractivity contribution is 6.04. The SMILES string of the molecule is CN1C(=O)C2CCCCCCCCC2C1=O. The average Bonchev–Trinajstić information content (AvgIpc) is 2.50. The van der Waals surface area contributed by atoms with E-state index in [0.29, 0.717) is 0 Å². The lowest BCUT2D eigenvalue weighted by molar-refractivity contribution is -0.138. The van der Waals surface area contributed by atoms with Crippen LogP contribution in [0.5, 0.6) is 0 Å². The number of likely N-dealkylation sites (tertiary alicyclic amines) is 1. The number of hydrogen-bond donors (Lipinski definition) is 0. The maximum absolute atomic E-state index is 11.9. The highest BCUT2D eigenvalue weighted by Gasteiger charge is 2.44. The summed E-state index contributed by atoms with van der Waals surface area (Å²) < 4.78 is 0. The molecule has 0 radical (unpaired) electrons. The van der Waals surface area contributed by atoms with Gasteiger partial charge in [0.15, 0.2) is 0 Å². The summed E-state index contributed by atoms with van der Waals surface area (Å²) in [5.74, 6) is 0.123. The molecular formula is C13H21NO2. The van der Waals surface area contributed by atoms with Crippen LogP contribution in [0.25, 0.3) is 0 Å². The van der Waals surface area contributed by atoms with Crippen LogP contribution in [0.4, 0.5) is 0 Å². The first kappa shape index (κ1) is 11.6. The van der Waals surface area contributed by atoms with Crippen molar-refractivity contribution in [1.29, 1.82) is 0 Å². The second-order valence-electron chi connectivity index (χ2n) is 5.15. The van der Waals surface area contributed by atoms with Crippen LogP contribution >= 0.6 is 0 Å². The van der Waals surface area contributed by atoms with Crippen molar-refractivity contribution in [3.8, 4) is 0 Å². The average molecular weight is 223 g/mol. The molecule has 0 aromatic heterocycles. The summed E-state index contributed by atoms with van der Waals surface area (Å²) in [6.45, 7) is 0. The molecule has 1 aliphatic heterocycles. The Hall–Kier alpha value is -0.860. The van der Waals surface area contributed by atoms with Gasteiger partial charge in [-0.2, -0.15) is 0 Å². The quantitative estimate of drug-likeness (QED) is 0.591. The van der Waals surface area contributed by atoms with E-state index in [1.54, 1.807) is 7.05 Å². The summed E-state index contributed by atoms with van der Waals surface area (Å²) in [7, 11) is 1.64. The van der Waals surface area contributed by atoms with Gasteiger partial charge in [0.05, 0.1) is 11.8 Å². The lowest BCUT2D eigenvalue weighted by atomic mass is 9.85. The highest BCUT2D eigenvalue weighted by atomic mass is 16.2. The van der Waals surface area contributed by atoms with Crippen molar-refractivity contribution in [2.24, 2.45) is 11.8 Å². The number of fused-ring (bicyclic) bond motifs is 1. The van der Waals surface area contributed by atoms with E-state index in [4.69, 9.17) is 0 Å². The third kappa shape index (κ3) is 2.13. The van der Waals surface area contributed by atoms with E-state index in [0.717, 1.165) is 25.7 Å². The Labute approximate surface area is 97.2 Å². The maximum Gasteiger partial charge on any atom is 0.232 e. The van der Waals surface area contributed by atoms with Gasteiger partial charge in [-0.25, -0.2) is 0 Å². The number of rotatable bonds is 0. The first-order valence-corrected chi connectivity index (χ1v) is 6.53. The normalized spacial score (nSPS) is 32.7. The molecule has 0 bridgehead atoms. The number of carbonyl (C=O) groups is 2. The molecule has 90 valence electrons. The fourth-order valence-electron chi connectivity index (χ4n) is 3.04. The summed E-state index contributed by atoms with van der Waals surface area (Å²) in [5.41, 5.74) is 0. The minimum atomic E-state index is -0.00407. The zero-order valence-electron chi connectivity index (χ0n) is 10.1. The van der Waals surface area contributed by atoms with Crippen LogP contribution in [0.15, 0.2) is 0 Å². The van der Waals surface area contributed by atoms with Crippen molar-refractivity contribution in [2.75, 3.05) is 7.05 Å². The Balaban J connectivity index is 2.08. The van der Waals surface area contributed by atoms with E-state index in [1.165, 1.54) is 30.6 Å². The largest absolute Gasteiger partial charge is 0.285 e. The van der Waals surface area contributed by atoms with Crippen LogP contribution in [-0.4, -0.2) is 23.8 Å². The number of imide groups is 1. The molecule has 1 saturated carbocycles. The summed E-state index contributed by atoms with van der Waals surface area (Å²) in [5, 5.41) is 0. The van der Waals surface area contributed by atoms with Crippen LogP contribution < -0.4 is 0 Å². The highest BCUT2D eigenvalue weighted by Crippen LogP contribution is 2.34. The van der Waals surface area contributed by atoms with Crippen molar-refractivity contribution in [3.05, 3.63) is 0 Å². The van der Waals surface area contributed by atoms with Gasteiger partial charge < -0.3 is 0 Å². The molecule has 0 N–H and O–H groups in total. The molecule has 2 unspecified atom stereocenters. The molecule has 0 spiro atoms. The van der Waals surface area contributed by atoms with Crippen LogP contribution in [0.2, 0.25) is 0 Å². The first-order chi connectivity index (χ1) is 7.72. The lowest BCUT2D eigenvalue weighted by Crippen LogP contribution is -2.26. The van der Waals surface area contributed by atoms with Crippen molar-refractivity contribution in [3.63, 3.8) is 0 Å². The number of hydrogen-bond acceptors (Lipinski definition) is 2. The van der Waals surface area contributed by atoms with Gasteiger partial charge in [-0.3, -0.25) is 14.5 Å². The molecule has 0 aromatic rings. The number of nitrogens with zero attached hydrogens (tertiary/aromatic N) is 1. The zero-order chi connectivity index (χ0) is 11.5. The molecular weight excluding hydrogens is 202 g/mol. The molecule has 3 heteroatoms. The molecule has 2 aliphatic rings. The molecule has 2 atom stereocenters. The van der Waals surface area contributed by atoms with Crippen molar-refractivity contribution in [2.45, 2.75) is 51.4 Å². The summed E-state index contributed by atoms with van der Waals surface area (Å²) >= 11 is 0. The molecule has 2 fully saturated rings. The number of carbonyl (C=O) groups excluding carboxylic acids is 2. The fourth-order valence-corrected chi connectivity index (χ4v) is 3.04. The Morgan fingerprint density at radius 1 is 0.812 bits per heavy atom. The Bertz CT molecular complexity index is 260. The van der Waals surface area contributed by atoms with Crippen LogP contribution in [0.1, 0.15) is 51.4 Å². The molecule has 0 aromatic carbocycles. The minimum absolute atomic E-state index is 0.00407. The summed E-state index contributed by atoms with van der Waals surface area (Å²) in [6.07, 6.45) is 9.05. The van der Waals surface area contributed by atoms with Crippen LogP contribution in [-0.2, 0) is 9.59 Å². The maximum atomic E-state index is 11.9. The van der Waals surface area contributed by atoms with Gasteiger partial charge in [0.1, 0.15) is 0 Å². The molecule has 1 heterocycles. The van der Waals surface area contributed by atoms with E-state index >= 15 is 0 Å². The van der Waals surface area contributed by atoms with E-state index in [1.807, 2.05) is 0 Å². The Morgan fingerprint density at radius 3 is 1.62 bits per heavy atom. The predicted octanol–water partition coefficient (Wildman–Crippen LogP) is 2.35. The van der Waals surface area contributed by atoms with Gasteiger partial charge in [-0.1, -0.05) is 38.5 Å². The van der Waals surface area contributed by atoms with E-state index in [-0.39, 0.29) is 23.7 Å². The van der Waals surface area contributed by atoms with Gasteiger partial charge in [-0.15, -0.1) is 0 Å². The van der Waals surface area contributed by atoms with Crippen LogP contribution in [0.3, 0.4) is 0 Å². The third-order valence-electron chi connectivity index (χ3n) is 4.06. The van der Waals surface area contributed by atoms with E-state index in [9.17, 15) is 9.59 Å². The fraction of sp³-hybridized carbons (Fsp3) is 0.846. The zero-order valence-corrected chi connectivity index (χ0v) is 10.1.